The van der Waals surface area contributed by atoms with Gasteiger partial charge in [-0.25, -0.2) is 8.78 Å². The van der Waals surface area contributed by atoms with E-state index in [1.54, 1.807) is 23.1 Å². The molecule has 0 radical (unpaired) electrons. The fourth-order valence-electron chi connectivity index (χ4n) is 10.7. The van der Waals surface area contributed by atoms with Crippen molar-refractivity contribution in [3.63, 3.8) is 0 Å². The van der Waals surface area contributed by atoms with Gasteiger partial charge in [-0.2, -0.15) is 11.8 Å². The number of aromatic nitrogens is 1. The number of amides is 6. The minimum atomic E-state index is -3.10. The van der Waals surface area contributed by atoms with E-state index in [1.807, 2.05) is 31.7 Å². The molecule has 1 unspecified atom stereocenters. The molecule has 0 aliphatic carbocycles. The first-order valence-electron chi connectivity index (χ1n) is 30.7. The Labute approximate surface area is 547 Å². The zero-order valence-corrected chi connectivity index (χ0v) is 54.4. The molecule has 3 aliphatic rings. The highest BCUT2D eigenvalue weighted by atomic mass is 127. The number of unbranched alkanes of at least 4 members (excludes halogenated alkanes) is 2. The third-order valence-corrected chi connectivity index (χ3v) is 17.5. The summed E-state index contributed by atoms with van der Waals surface area (Å²) in [7, 11) is 0. The summed E-state index contributed by atoms with van der Waals surface area (Å²) in [5.41, 5.74) is 1.92. The summed E-state index contributed by atoms with van der Waals surface area (Å²) in [6.45, 7) is 6.16. The third kappa shape index (κ3) is 26.7. The number of likely N-dealkylation sites (tertiary alicyclic amines) is 1. The van der Waals surface area contributed by atoms with Crippen LogP contribution in [-0.4, -0.2) is 273 Å². The largest absolute Gasteiger partial charge is 0.494 e. The van der Waals surface area contributed by atoms with Gasteiger partial charge in [-0.3, -0.25) is 72.6 Å². The molecule has 3 fully saturated rings. The van der Waals surface area contributed by atoms with Crippen LogP contribution >= 0.6 is 34.4 Å². The number of carbonyl (C=O) groups is 9. The first-order valence-corrected chi connectivity index (χ1v) is 33.0. The van der Waals surface area contributed by atoms with Crippen molar-refractivity contribution in [2.75, 3.05) is 156 Å². The van der Waals surface area contributed by atoms with E-state index in [9.17, 15) is 57.0 Å². The second kappa shape index (κ2) is 39.5. The Bertz CT molecular complexity index is 2910. The molecule has 0 spiro atoms. The predicted octanol–water partition coefficient (Wildman–Crippen LogP) is 1.95. The molecule has 5 N–H and O–H groups in total. The van der Waals surface area contributed by atoms with E-state index in [1.165, 1.54) is 24.0 Å². The lowest BCUT2D eigenvalue weighted by Gasteiger charge is -2.34. The maximum absolute atomic E-state index is 14.0. The van der Waals surface area contributed by atoms with Gasteiger partial charge in [0.2, 0.25) is 29.5 Å². The van der Waals surface area contributed by atoms with E-state index in [2.05, 4.69) is 71.8 Å². The van der Waals surface area contributed by atoms with Gasteiger partial charge in [0.05, 0.1) is 49.9 Å². The number of carboxylic acids is 1. The molecule has 29 heteroatoms. The Morgan fingerprint density at radius 3 is 2.07 bits per heavy atom. The summed E-state index contributed by atoms with van der Waals surface area (Å²) < 4.78 is 45.2. The molecule has 2 aromatic carbocycles. The Morgan fingerprint density at radius 2 is 1.41 bits per heavy atom. The number of carbonyl (C=O) groups excluding carboxylic acids is 8. The predicted molar refractivity (Wildman–Crippen MR) is 345 cm³/mol. The third-order valence-electron chi connectivity index (χ3n) is 15.7. The van der Waals surface area contributed by atoms with E-state index in [-0.39, 0.29) is 62.1 Å². The molecule has 6 rings (SSSR count). The van der Waals surface area contributed by atoms with E-state index >= 15 is 0 Å². The van der Waals surface area contributed by atoms with Crippen molar-refractivity contribution in [2.24, 2.45) is 0 Å². The number of hydrogen-bond donors (Lipinski definition) is 5. The van der Waals surface area contributed by atoms with Crippen LogP contribution in [0.5, 0.6) is 5.75 Å². The van der Waals surface area contributed by atoms with Gasteiger partial charge >= 0.3 is 5.97 Å². The molecule has 3 aromatic rings. The summed E-state index contributed by atoms with van der Waals surface area (Å²) in [5.74, 6) is -2.76. The van der Waals surface area contributed by atoms with Gasteiger partial charge in [-0.1, -0.05) is 24.5 Å². The van der Waals surface area contributed by atoms with Gasteiger partial charge in [0.1, 0.15) is 25.3 Å². The highest BCUT2D eigenvalue weighted by Gasteiger charge is 2.46. The number of nitrogens with zero attached hydrogens (tertiary/aromatic N) is 8. The van der Waals surface area contributed by atoms with Crippen molar-refractivity contribution in [1.29, 1.82) is 0 Å². The molecule has 1 aromatic heterocycles. The fraction of sp³-hybridized carbons (Fsp3) is 0.581. The number of thioether (sulfide) groups is 1. The number of aryl methyl sites for hydroxylation is 1. The molecule has 25 nitrogen and oxygen atoms in total. The van der Waals surface area contributed by atoms with E-state index in [0.29, 0.717) is 172 Å². The molecule has 0 bridgehead atoms. The van der Waals surface area contributed by atoms with E-state index < -0.39 is 61.2 Å². The summed E-state index contributed by atoms with van der Waals surface area (Å²) in [4.78, 5) is 130. The standard InChI is InChI=1S/C62H85F2IN12O13S/c1-2-49-37-62(63,64)42-77(49)58(83)38-69-60(86)51-17-19-66-53-16-15-50(36-52(51)53)90-34-7-21-71-30-32-76(33-31-71)57(82)10-4-3-5-18-68-61(87)54(41-91-35-20-67-55(80)9-6-8-47-11-13-48(65)14-12-47)70-56(81)39-72-22-23-73(40-59(84)85)25-27-75(44-89-46-79)29-28-74(26-24-72)43-88-45-78/h1,11-17,19,36,45-46,49,54H,3-10,18,20-35,37-44H2,(H,67,80)(H,68,87)(H,69,86)(H,70,81)(H,84,85)/t49-,54?/m0/s1. The molecular formula is C62H85F2IN12O13S. The lowest BCUT2D eigenvalue weighted by molar-refractivity contribution is -0.139. The van der Waals surface area contributed by atoms with Crippen LogP contribution in [0.3, 0.4) is 0 Å². The Hall–Kier alpha value is -6.82. The molecular weight excluding hydrogens is 1320 g/mol. The minimum absolute atomic E-state index is 0.00513. The number of rotatable bonds is 35. The molecule has 2 atom stereocenters. The van der Waals surface area contributed by atoms with Crippen molar-refractivity contribution in [3.8, 4) is 18.1 Å². The highest BCUT2D eigenvalue weighted by Crippen LogP contribution is 2.32. The van der Waals surface area contributed by atoms with Crippen LogP contribution in [0.1, 0.15) is 67.3 Å². The summed E-state index contributed by atoms with van der Waals surface area (Å²) in [6.07, 6.45) is 11.0. The van der Waals surface area contributed by atoms with Gasteiger partial charge in [-0.15, -0.1) is 6.42 Å². The van der Waals surface area contributed by atoms with Gasteiger partial charge in [-0.05, 0) is 96.7 Å². The number of carboxylic acid groups (broad SMARTS) is 1. The average Bonchev–Trinajstić information content (AvgIpc) is 1.91. The van der Waals surface area contributed by atoms with Crippen molar-refractivity contribution in [2.45, 2.75) is 75.8 Å². The van der Waals surface area contributed by atoms with E-state index in [4.69, 9.17) is 20.6 Å². The number of aliphatic carboxylic acids is 1. The van der Waals surface area contributed by atoms with Crippen molar-refractivity contribution >= 4 is 99.6 Å². The molecule has 0 saturated carbocycles. The topological polar surface area (TPSA) is 285 Å². The first kappa shape index (κ1) is 73.2. The molecule has 3 saturated heterocycles. The SMILES string of the molecule is C#C[C@H]1CC(F)(F)CN1C(=O)CNC(=O)c1ccnc2ccc(OCCCN3CCN(C(=O)CCCCCNC(=O)C(CSCCNC(=O)CCCc4ccc(I)cc4)NC(=O)CN4CCN(COC=O)CCN(COC=O)CCN(CC(=O)O)CC4)CC3)cc12. The van der Waals surface area contributed by atoms with Crippen LogP contribution in [0, 0.1) is 15.9 Å². The quantitative estimate of drug-likeness (QED) is 0.0244. The lowest BCUT2D eigenvalue weighted by Crippen LogP contribution is -2.53. The number of piperazine rings is 1. The van der Waals surface area contributed by atoms with Crippen molar-refractivity contribution in [3.05, 3.63) is 69.4 Å². The zero-order valence-electron chi connectivity index (χ0n) is 51.4. The average molecular weight is 1400 g/mol. The number of terminal acetylenes is 1. The lowest BCUT2D eigenvalue weighted by atomic mass is 10.1. The molecule has 6 amide bonds. The fourth-order valence-corrected chi connectivity index (χ4v) is 11.9. The van der Waals surface area contributed by atoms with Crippen molar-refractivity contribution < 1.29 is 71.2 Å². The first-order chi connectivity index (χ1) is 43.9. The van der Waals surface area contributed by atoms with Crippen molar-refractivity contribution in [1.82, 2.24) is 60.6 Å². The number of fused-ring (bicyclic) bond motifs is 1. The normalized spacial score (nSPS) is 17.5. The van der Waals surface area contributed by atoms with Gasteiger partial charge in [0.25, 0.3) is 24.8 Å². The number of halogens is 3. The minimum Gasteiger partial charge on any atom is -0.494 e. The number of alkyl halides is 2. The van der Waals surface area contributed by atoms with Gasteiger partial charge in [0.15, 0.2) is 0 Å². The van der Waals surface area contributed by atoms with Crippen LogP contribution in [-0.2, 0) is 54.3 Å². The van der Waals surface area contributed by atoms with E-state index in [0.717, 1.165) is 27.0 Å². The second-order valence-electron chi connectivity index (χ2n) is 22.5. The molecule has 498 valence electrons. The highest BCUT2D eigenvalue weighted by molar-refractivity contribution is 14.1. The summed E-state index contributed by atoms with van der Waals surface area (Å²) in [6, 6.07) is 12.9. The Kier molecular flexibility index (Phi) is 31.8. The Morgan fingerprint density at radius 1 is 0.747 bits per heavy atom. The van der Waals surface area contributed by atoms with Crippen LogP contribution in [0.25, 0.3) is 10.9 Å². The number of hydrogen-bond acceptors (Lipinski definition) is 19. The molecule has 4 heterocycles. The number of benzene rings is 2. The number of nitrogens with one attached hydrogen (secondary N) is 4. The van der Waals surface area contributed by atoms with Gasteiger partial charge in [0, 0.05) is 144 Å². The smallest absolute Gasteiger partial charge is 0.317 e. The van der Waals surface area contributed by atoms with Crippen LogP contribution in [0.4, 0.5) is 8.78 Å². The molecule has 91 heavy (non-hydrogen) atoms. The Balaban J connectivity index is 0.918. The monoisotopic (exact) mass is 1400 g/mol. The van der Waals surface area contributed by atoms with Gasteiger partial charge < -0.3 is 50.4 Å². The zero-order chi connectivity index (χ0) is 65.4. The number of ether oxygens (including phenoxy) is 3. The second-order valence-corrected chi connectivity index (χ2v) is 24.9. The summed E-state index contributed by atoms with van der Waals surface area (Å²) >= 11 is 3.67. The van der Waals surface area contributed by atoms with Crippen LogP contribution < -0.4 is 26.0 Å². The molecule has 3 aliphatic heterocycles. The maximum Gasteiger partial charge on any atom is 0.317 e. The van der Waals surface area contributed by atoms with Crippen LogP contribution in [0.15, 0.2) is 54.7 Å². The summed E-state index contributed by atoms with van der Waals surface area (Å²) in [5, 5.41) is 21.6. The van der Waals surface area contributed by atoms with Crippen LogP contribution in [0.2, 0.25) is 0 Å². The maximum atomic E-state index is 14.0. The number of pyridine rings is 1.